The third kappa shape index (κ3) is 5.20. The average Bonchev–Trinajstić information content (AvgIpc) is 3.07. The lowest BCUT2D eigenvalue weighted by molar-refractivity contribution is -0.147. The predicted octanol–water partition coefficient (Wildman–Crippen LogP) is 2.57. The van der Waals surface area contributed by atoms with Gasteiger partial charge < -0.3 is 4.74 Å². The summed E-state index contributed by atoms with van der Waals surface area (Å²) in [6.45, 7) is 1.42. The molecular formula is C21H19ClN2O5. The summed E-state index contributed by atoms with van der Waals surface area (Å²) in [5, 5.41) is 1.60. The van der Waals surface area contributed by atoms with Crippen LogP contribution in [0.4, 0.5) is 0 Å². The van der Waals surface area contributed by atoms with Crippen LogP contribution in [0, 0.1) is 12.8 Å². The molecule has 29 heavy (non-hydrogen) atoms. The summed E-state index contributed by atoms with van der Waals surface area (Å²) in [5.41, 5.74) is 4.21. The minimum absolute atomic E-state index is 0.00957. The molecule has 1 atom stereocenters. The molecule has 1 heterocycles. The molecule has 1 unspecified atom stereocenters. The van der Waals surface area contributed by atoms with Crippen LogP contribution in [0.25, 0.3) is 0 Å². The highest BCUT2D eigenvalue weighted by atomic mass is 35.5. The van der Waals surface area contributed by atoms with Crippen molar-refractivity contribution in [1.29, 1.82) is 0 Å². The van der Waals surface area contributed by atoms with Gasteiger partial charge in [-0.3, -0.25) is 29.6 Å². The van der Waals surface area contributed by atoms with Crippen molar-refractivity contribution < 1.29 is 23.9 Å². The number of esters is 1. The van der Waals surface area contributed by atoms with E-state index < -0.39 is 30.3 Å². The molecule has 0 radical (unpaired) electrons. The van der Waals surface area contributed by atoms with E-state index in [0.29, 0.717) is 16.1 Å². The van der Waals surface area contributed by atoms with Gasteiger partial charge in [-0.2, -0.15) is 0 Å². The molecule has 0 bridgehead atoms. The Kier molecular flexibility index (Phi) is 6.29. The Labute approximate surface area is 172 Å². The molecule has 2 aromatic rings. The van der Waals surface area contributed by atoms with Gasteiger partial charge in [0.25, 0.3) is 5.91 Å². The number of nitrogens with one attached hydrogen (secondary N) is 1. The quantitative estimate of drug-likeness (QED) is 0.579. The van der Waals surface area contributed by atoms with E-state index in [2.05, 4.69) is 5.43 Å². The molecule has 0 aromatic heterocycles. The van der Waals surface area contributed by atoms with Crippen LogP contribution in [0.3, 0.4) is 0 Å². The van der Waals surface area contributed by atoms with Crippen LogP contribution in [0.5, 0.6) is 0 Å². The number of carbonyl (C=O) groups excluding carboxylic acids is 4. The molecule has 1 fully saturated rings. The first kappa shape index (κ1) is 20.5. The Morgan fingerprint density at radius 1 is 1.14 bits per heavy atom. The van der Waals surface area contributed by atoms with Crippen LogP contribution in [0.15, 0.2) is 48.5 Å². The highest BCUT2D eigenvalue weighted by molar-refractivity contribution is 6.30. The van der Waals surface area contributed by atoms with Gasteiger partial charge in [0.15, 0.2) is 12.4 Å². The van der Waals surface area contributed by atoms with Crippen LogP contribution in [-0.4, -0.2) is 41.7 Å². The standard InChI is InChI=1S/C21H19ClN2O5/c1-13-3-2-4-15(9-13)20(27)23-24-11-16(10-19(24)26)21(28)29-12-18(25)14-5-7-17(22)8-6-14/h2-9,16H,10-12H2,1H3,(H,23,27). The summed E-state index contributed by atoms with van der Waals surface area (Å²) >= 11 is 5.78. The van der Waals surface area contributed by atoms with Crippen molar-refractivity contribution in [2.24, 2.45) is 5.92 Å². The fraction of sp³-hybridized carbons (Fsp3) is 0.238. The molecule has 2 aromatic carbocycles. The first-order valence-electron chi connectivity index (χ1n) is 8.97. The number of amides is 2. The first-order chi connectivity index (χ1) is 13.8. The minimum Gasteiger partial charge on any atom is -0.457 e. The number of hydrogen-bond donors (Lipinski definition) is 1. The van der Waals surface area contributed by atoms with Gasteiger partial charge in [0, 0.05) is 22.6 Å². The Morgan fingerprint density at radius 2 is 1.86 bits per heavy atom. The fourth-order valence-electron chi connectivity index (χ4n) is 2.92. The van der Waals surface area contributed by atoms with Crippen LogP contribution in [0.1, 0.15) is 32.7 Å². The van der Waals surface area contributed by atoms with E-state index in [0.717, 1.165) is 10.6 Å². The SMILES string of the molecule is Cc1cccc(C(=O)NN2CC(C(=O)OCC(=O)c3ccc(Cl)cc3)CC2=O)c1. The van der Waals surface area contributed by atoms with Gasteiger partial charge in [-0.15, -0.1) is 0 Å². The van der Waals surface area contributed by atoms with Crippen LogP contribution < -0.4 is 5.43 Å². The van der Waals surface area contributed by atoms with E-state index in [1.165, 1.54) is 0 Å². The van der Waals surface area contributed by atoms with Gasteiger partial charge in [-0.05, 0) is 43.3 Å². The monoisotopic (exact) mass is 414 g/mol. The topological polar surface area (TPSA) is 92.8 Å². The third-order valence-corrected chi connectivity index (χ3v) is 4.74. The summed E-state index contributed by atoms with van der Waals surface area (Å²) in [4.78, 5) is 48.8. The zero-order valence-electron chi connectivity index (χ0n) is 15.7. The van der Waals surface area contributed by atoms with Crippen molar-refractivity contribution in [3.8, 4) is 0 Å². The van der Waals surface area contributed by atoms with Gasteiger partial charge in [-0.1, -0.05) is 29.3 Å². The second-order valence-corrected chi connectivity index (χ2v) is 7.19. The minimum atomic E-state index is -0.752. The number of rotatable bonds is 6. The maximum atomic E-state index is 12.3. The Morgan fingerprint density at radius 3 is 2.55 bits per heavy atom. The number of Topliss-reactive ketones (excluding diaryl/α,β-unsaturated/α-hetero) is 1. The van der Waals surface area contributed by atoms with E-state index >= 15 is 0 Å². The number of halogens is 1. The molecule has 1 aliphatic rings. The molecular weight excluding hydrogens is 396 g/mol. The Balaban J connectivity index is 1.52. The van der Waals surface area contributed by atoms with Crippen molar-refractivity contribution in [2.45, 2.75) is 13.3 Å². The van der Waals surface area contributed by atoms with Crippen LogP contribution >= 0.6 is 11.6 Å². The largest absolute Gasteiger partial charge is 0.457 e. The summed E-state index contributed by atoms with van der Waals surface area (Å²) in [6.07, 6.45) is -0.0952. The molecule has 0 aliphatic carbocycles. The summed E-state index contributed by atoms with van der Waals surface area (Å²) < 4.78 is 5.06. The summed E-state index contributed by atoms with van der Waals surface area (Å²) in [7, 11) is 0. The van der Waals surface area contributed by atoms with Crippen molar-refractivity contribution in [2.75, 3.05) is 13.2 Å². The maximum Gasteiger partial charge on any atom is 0.311 e. The fourth-order valence-corrected chi connectivity index (χ4v) is 3.05. The van der Waals surface area contributed by atoms with E-state index in [1.54, 1.807) is 42.5 Å². The van der Waals surface area contributed by atoms with E-state index in [9.17, 15) is 19.2 Å². The molecule has 0 saturated carbocycles. The average molecular weight is 415 g/mol. The van der Waals surface area contributed by atoms with Crippen molar-refractivity contribution >= 4 is 35.2 Å². The summed E-state index contributed by atoms with van der Waals surface area (Å²) in [5.74, 6) is -2.61. The lowest BCUT2D eigenvalue weighted by Crippen LogP contribution is -2.43. The molecule has 0 spiro atoms. The first-order valence-corrected chi connectivity index (χ1v) is 9.34. The van der Waals surface area contributed by atoms with Gasteiger partial charge in [-0.25, -0.2) is 0 Å². The van der Waals surface area contributed by atoms with E-state index in [1.807, 2.05) is 13.0 Å². The Hall–Kier alpha value is -3.19. The zero-order valence-corrected chi connectivity index (χ0v) is 16.4. The molecule has 150 valence electrons. The van der Waals surface area contributed by atoms with Gasteiger partial charge in [0.1, 0.15) is 0 Å². The molecule has 7 nitrogen and oxygen atoms in total. The maximum absolute atomic E-state index is 12.3. The van der Waals surface area contributed by atoms with E-state index in [4.69, 9.17) is 16.3 Å². The molecule has 1 N–H and O–H groups in total. The van der Waals surface area contributed by atoms with Crippen LogP contribution in [0.2, 0.25) is 5.02 Å². The lowest BCUT2D eigenvalue weighted by Gasteiger charge is -2.17. The highest BCUT2D eigenvalue weighted by Gasteiger charge is 2.36. The number of hydrogen-bond acceptors (Lipinski definition) is 5. The normalized spacial score (nSPS) is 15.9. The van der Waals surface area contributed by atoms with E-state index in [-0.39, 0.29) is 18.7 Å². The number of benzene rings is 2. The second kappa shape index (κ2) is 8.87. The number of aryl methyl sites for hydroxylation is 1. The molecule has 2 amide bonds. The second-order valence-electron chi connectivity index (χ2n) is 6.75. The number of hydrazine groups is 1. The van der Waals surface area contributed by atoms with Gasteiger partial charge in [0.05, 0.1) is 12.5 Å². The zero-order chi connectivity index (χ0) is 21.0. The van der Waals surface area contributed by atoms with Crippen molar-refractivity contribution in [3.63, 3.8) is 0 Å². The predicted molar refractivity (Wildman–Crippen MR) is 105 cm³/mol. The highest BCUT2D eigenvalue weighted by Crippen LogP contribution is 2.18. The number of carbonyl (C=O) groups is 4. The number of ketones is 1. The molecule has 8 heteroatoms. The van der Waals surface area contributed by atoms with Crippen molar-refractivity contribution in [3.05, 3.63) is 70.2 Å². The molecule has 1 saturated heterocycles. The molecule has 1 aliphatic heterocycles. The summed E-state index contributed by atoms with van der Waals surface area (Å²) in [6, 6.07) is 13.2. The third-order valence-electron chi connectivity index (χ3n) is 4.49. The lowest BCUT2D eigenvalue weighted by atomic mass is 10.1. The molecule has 3 rings (SSSR count). The van der Waals surface area contributed by atoms with Crippen molar-refractivity contribution in [1.82, 2.24) is 10.4 Å². The smallest absolute Gasteiger partial charge is 0.311 e. The van der Waals surface area contributed by atoms with Gasteiger partial charge >= 0.3 is 5.97 Å². The van der Waals surface area contributed by atoms with Gasteiger partial charge in [0.2, 0.25) is 5.91 Å². The number of nitrogens with zero attached hydrogens (tertiary/aromatic N) is 1. The Bertz CT molecular complexity index is 958. The van der Waals surface area contributed by atoms with Crippen LogP contribution in [-0.2, 0) is 14.3 Å². The number of ether oxygens (including phenoxy) is 1.